The number of benzene rings is 1. The third kappa shape index (κ3) is 4.77. The molecule has 1 rings (SSSR count). The Labute approximate surface area is 125 Å². The molecule has 1 aromatic rings. The van der Waals surface area contributed by atoms with Crippen LogP contribution in [0.1, 0.15) is 24.2 Å². The number of nitrogens with zero attached hydrogens (tertiary/aromatic N) is 1. The van der Waals surface area contributed by atoms with Gasteiger partial charge in [-0.1, -0.05) is 23.7 Å². The quantitative estimate of drug-likeness (QED) is 0.869. The smallest absolute Gasteiger partial charge is 0.252 e. The zero-order valence-corrected chi connectivity index (χ0v) is 13.3. The molecule has 0 spiro atoms. The molecule has 7 heteroatoms. The molecule has 1 aromatic carbocycles. The molecule has 112 valence electrons. The van der Waals surface area contributed by atoms with Gasteiger partial charge in [-0.05, 0) is 26.0 Å². The van der Waals surface area contributed by atoms with Crippen molar-refractivity contribution in [3.63, 3.8) is 0 Å². The lowest BCUT2D eigenvalue weighted by atomic mass is 10.2. The van der Waals surface area contributed by atoms with E-state index < -0.39 is 10.0 Å². The minimum absolute atomic E-state index is 0.151. The first-order chi connectivity index (χ1) is 9.23. The molecule has 0 aliphatic carbocycles. The van der Waals surface area contributed by atoms with Crippen molar-refractivity contribution >= 4 is 27.5 Å². The minimum atomic E-state index is -3.28. The van der Waals surface area contributed by atoms with E-state index >= 15 is 0 Å². The van der Waals surface area contributed by atoms with E-state index in [0.29, 0.717) is 10.6 Å². The van der Waals surface area contributed by atoms with Crippen molar-refractivity contribution in [1.82, 2.24) is 9.62 Å². The van der Waals surface area contributed by atoms with E-state index in [-0.39, 0.29) is 25.0 Å². The first kappa shape index (κ1) is 16.9. The van der Waals surface area contributed by atoms with Gasteiger partial charge in [0, 0.05) is 19.1 Å². The minimum Gasteiger partial charge on any atom is -0.351 e. The number of rotatable bonds is 6. The highest BCUT2D eigenvalue weighted by Crippen LogP contribution is 2.14. The Bertz CT molecular complexity index is 573. The fourth-order valence-electron chi connectivity index (χ4n) is 1.83. The first-order valence-corrected chi connectivity index (χ1v) is 8.45. The number of carbonyl (C=O) groups is 1. The number of amides is 1. The van der Waals surface area contributed by atoms with Crippen LogP contribution in [0.3, 0.4) is 0 Å². The van der Waals surface area contributed by atoms with E-state index in [1.807, 2.05) is 0 Å². The molecule has 20 heavy (non-hydrogen) atoms. The summed E-state index contributed by atoms with van der Waals surface area (Å²) in [6.07, 6.45) is 1.16. The van der Waals surface area contributed by atoms with Gasteiger partial charge in [-0.2, -0.15) is 4.31 Å². The summed E-state index contributed by atoms with van der Waals surface area (Å²) in [5.41, 5.74) is 0.379. The summed E-state index contributed by atoms with van der Waals surface area (Å²) in [4.78, 5) is 11.9. The maximum Gasteiger partial charge on any atom is 0.252 e. The molecule has 0 heterocycles. The number of carbonyl (C=O) groups excluding carboxylic acids is 1. The first-order valence-electron chi connectivity index (χ1n) is 6.23. The Balaban J connectivity index is 2.60. The molecule has 0 aliphatic heterocycles. The third-order valence-electron chi connectivity index (χ3n) is 2.74. The second-order valence-corrected chi connectivity index (χ2v) is 7.05. The van der Waals surface area contributed by atoms with E-state index in [9.17, 15) is 13.2 Å². The van der Waals surface area contributed by atoms with Crippen molar-refractivity contribution in [1.29, 1.82) is 0 Å². The maximum atomic E-state index is 11.9. The summed E-state index contributed by atoms with van der Waals surface area (Å²) in [5, 5.41) is 3.04. The summed E-state index contributed by atoms with van der Waals surface area (Å²) < 4.78 is 24.5. The Morgan fingerprint density at radius 3 is 2.45 bits per heavy atom. The van der Waals surface area contributed by atoms with E-state index in [2.05, 4.69) is 5.32 Å². The van der Waals surface area contributed by atoms with Crippen LogP contribution in [0.2, 0.25) is 5.02 Å². The highest BCUT2D eigenvalue weighted by molar-refractivity contribution is 7.88. The average molecular weight is 319 g/mol. The number of hydrogen-bond acceptors (Lipinski definition) is 3. The van der Waals surface area contributed by atoms with Crippen LogP contribution in [-0.4, -0.2) is 44.0 Å². The molecular weight excluding hydrogens is 300 g/mol. The van der Waals surface area contributed by atoms with Crippen LogP contribution in [0.15, 0.2) is 24.3 Å². The molecule has 0 bridgehead atoms. The molecule has 0 aliphatic rings. The van der Waals surface area contributed by atoms with Gasteiger partial charge in [0.15, 0.2) is 0 Å². The predicted molar refractivity (Wildman–Crippen MR) is 80.5 cm³/mol. The van der Waals surface area contributed by atoms with Crippen molar-refractivity contribution in [2.45, 2.75) is 19.9 Å². The number of sulfonamides is 1. The molecule has 1 N–H and O–H groups in total. The highest BCUT2D eigenvalue weighted by atomic mass is 35.5. The van der Waals surface area contributed by atoms with Gasteiger partial charge < -0.3 is 5.32 Å². The monoisotopic (exact) mass is 318 g/mol. The van der Waals surface area contributed by atoms with Gasteiger partial charge in [-0.15, -0.1) is 0 Å². The Morgan fingerprint density at radius 2 is 1.95 bits per heavy atom. The molecule has 1 amide bonds. The third-order valence-corrected chi connectivity index (χ3v) is 4.52. The number of hydrogen-bond donors (Lipinski definition) is 1. The Kier molecular flexibility index (Phi) is 5.98. The van der Waals surface area contributed by atoms with E-state index in [4.69, 9.17) is 11.6 Å². The van der Waals surface area contributed by atoms with Crippen molar-refractivity contribution < 1.29 is 13.2 Å². The molecular formula is C13H19ClN2O3S. The summed E-state index contributed by atoms with van der Waals surface area (Å²) in [6, 6.07) is 6.56. The molecule has 0 aromatic heterocycles. The SMILES string of the molecule is CC(C)N(CCNC(=O)c1ccccc1Cl)S(C)(=O)=O. The largest absolute Gasteiger partial charge is 0.351 e. The zero-order valence-electron chi connectivity index (χ0n) is 11.8. The maximum absolute atomic E-state index is 11.9. The predicted octanol–water partition coefficient (Wildman–Crippen LogP) is 1.74. The van der Waals surface area contributed by atoms with E-state index in [1.54, 1.807) is 38.1 Å². The van der Waals surface area contributed by atoms with E-state index in [0.717, 1.165) is 6.26 Å². The van der Waals surface area contributed by atoms with Gasteiger partial charge in [-0.25, -0.2) is 8.42 Å². The van der Waals surface area contributed by atoms with Gasteiger partial charge in [0.1, 0.15) is 0 Å². The van der Waals surface area contributed by atoms with Crippen molar-refractivity contribution in [3.05, 3.63) is 34.9 Å². The lowest BCUT2D eigenvalue weighted by Gasteiger charge is -2.23. The van der Waals surface area contributed by atoms with Crippen LogP contribution in [0.4, 0.5) is 0 Å². The summed E-state index contributed by atoms with van der Waals surface area (Å²) in [6.45, 7) is 4.04. The second kappa shape index (κ2) is 7.06. The Morgan fingerprint density at radius 1 is 1.35 bits per heavy atom. The van der Waals surface area contributed by atoms with E-state index in [1.165, 1.54) is 4.31 Å². The summed E-state index contributed by atoms with van der Waals surface area (Å²) >= 11 is 5.92. The van der Waals surface area contributed by atoms with Gasteiger partial charge in [0.05, 0.1) is 16.8 Å². The molecule has 0 radical (unpaired) electrons. The topological polar surface area (TPSA) is 66.5 Å². The molecule has 0 unspecified atom stereocenters. The zero-order chi connectivity index (χ0) is 15.3. The molecule has 5 nitrogen and oxygen atoms in total. The van der Waals surface area contributed by atoms with Crippen LogP contribution >= 0.6 is 11.6 Å². The van der Waals surface area contributed by atoms with Crippen LogP contribution < -0.4 is 5.32 Å². The standard InChI is InChI=1S/C13H19ClN2O3S/c1-10(2)16(20(3,18)19)9-8-15-13(17)11-6-4-5-7-12(11)14/h4-7,10H,8-9H2,1-3H3,(H,15,17). The van der Waals surface area contributed by atoms with Gasteiger partial charge >= 0.3 is 0 Å². The van der Waals surface area contributed by atoms with Crippen LogP contribution in [0.5, 0.6) is 0 Å². The number of nitrogens with one attached hydrogen (secondary N) is 1. The summed E-state index contributed by atoms with van der Waals surface area (Å²) in [7, 11) is -3.28. The molecule has 0 atom stereocenters. The molecule has 0 saturated heterocycles. The van der Waals surface area contributed by atoms with Crippen LogP contribution in [0.25, 0.3) is 0 Å². The van der Waals surface area contributed by atoms with Crippen molar-refractivity contribution in [3.8, 4) is 0 Å². The normalized spacial score (nSPS) is 11.9. The fraction of sp³-hybridized carbons (Fsp3) is 0.462. The van der Waals surface area contributed by atoms with Gasteiger partial charge in [0.25, 0.3) is 5.91 Å². The molecule has 0 fully saturated rings. The van der Waals surface area contributed by atoms with Crippen molar-refractivity contribution in [2.75, 3.05) is 19.3 Å². The molecule has 0 saturated carbocycles. The van der Waals surface area contributed by atoms with Gasteiger partial charge in [-0.3, -0.25) is 4.79 Å². The lowest BCUT2D eigenvalue weighted by molar-refractivity contribution is 0.0951. The fourth-order valence-corrected chi connectivity index (χ4v) is 3.24. The van der Waals surface area contributed by atoms with Crippen LogP contribution in [-0.2, 0) is 10.0 Å². The van der Waals surface area contributed by atoms with Gasteiger partial charge in [0.2, 0.25) is 10.0 Å². The average Bonchev–Trinajstić information content (AvgIpc) is 2.32. The Hall–Kier alpha value is -1.11. The number of halogens is 1. The summed E-state index contributed by atoms with van der Waals surface area (Å²) in [5.74, 6) is -0.312. The highest BCUT2D eigenvalue weighted by Gasteiger charge is 2.20. The lowest BCUT2D eigenvalue weighted by Crippen LogP contribution is -2.41. The van der Waals surface area contributed by atoms with Crippen molar-refractivity contribution in [2.24, 2.45) is 0 Å². The second-order valence-electron chi connectivity index (χ2n) is 4.70. The van der Waals surface area contributed by atoms with Crippen LogP contribution in [0, 0.1) is 0 Å².